The molecule has 1 aromatic carbocycles. The lowest BCUT2D eigenvalue weighted by molar-refractivity contribution is -0.131. The van der Waals surface area contributed by atoms with Crippen molar-refractivity contribution in [3.05, 3.63) is 22.7 Å². The quantitative estimate of drug-likeness (QED) is 0.804. The van der Waals surface area contributed by atoms with E-state index < -0.39 is 10.0 Å². The van der Waals surface area contributed by atoms with Crippen LogP contribution in [0.4, 0.5) is 5.69 Å². The van der Waals surface area contributed by atoms with Gasteiger partial charge in [-0.05, 0) is 40.5 Å². The van der Waals surface area contributed by atoms with Gasteiger partial charge in [0.15, 0.2) is 0 Å². The first kappa shape index (κ1) is 15.9. The molecule has 1 aromatic rings. The van der Waals surface area contributed by atoms with Gasteiger partial charge >= 0.3 is 0 Å². The van der Waals surface area contributed by atoms with Crippen LogP contribution in [0.2, 0.25) is 0 Å². The molecule has 0 radical (unpaired) electrons. The van der Waals surface area contributed by atoms with E-state index >= 15 is 0 Å². The molecule has 2 amide bonds. The first-order valence-electron chi connectivity index (χ1n) is 6.17. The molecule has 1 fully saturated rings. The van der Waals surface area contributed by atoms with Crippen molar-refractivity contribution < 1.29 is 18.0 Å². The van der Waals surface area contributed by atoms with Gasteiger partial charge in [-0.3, -0.25) is 9.59 Å². The third-order valence-electron chi connectivity index (χ3n) is 3.05. The zero-order valence-corrected chi connectivity index (χ0v) is 13.4. The molecule has 0 atom stereocenters. The zero-order chi connectivity index (χ0) is 15.6. The summed E-state index contributed by atoms with van der Waals surface area (Å²) in [5.41, 5.74) is 0.416. The largest absolute Gasteiger partial charge is 0.333 e. The highest BCUT2D eigenvalue weighted by Crippen LogP contribution is 2.25. The Bertz CT molecular complexity index is 690. The van der Waals surface area contributed by atoms with Crippen LogP contribution in [0.5, 0.6) is 0 Å². The number of hydrogen-bond acceptors (Lipinski definition) is 4. The maximum Gasteiger partial charge on any atom is 0.244 e. The molecule has 1 saturated heterocycles. The molecule has 3 N–H and O–H groups in total. The van der Waals surface area contributed by atoms with E-state index in [1.54, 1.807) is 0 Å². The van der Waals surface area contributed by atoms with E-state index in [1.807, 2.05) is 0 Å². The predicted octanol–water partition coefficient (Wildman–Crippen LogP) is 0.657. The number of sulfonamides is 1. The highest BCUT2D eigenvalue weighted by atomic mass is 79.9. The first-order chi connectivity index (χ1) is 9.77. The van der Waals surface area contributed by atoms with E-state index in [1.165, 1.54) is 23.1 Å². The normalized spacial score (nSPS) is 15.3. The van der Waals surface area contributed by atoms with Crippen molar-refractivity contribution in [1.29, 1.82) is 0 Å². The van der Waals surface area contributed by atoms with Crippen molar-refractivity contribution in [3.63, 3.8) is 0 Å². The Morgan fingerprint density at radius 1 is 1.43 bits per heavy atom. The van der Waals surface area contributed by atoms with Crippen molar-refractivity contribution in [2.24, 2.45) is 5.14 Å². The first-order valence-corrected chi connectivity index (χ1v) is 8.51. The number of anilines is 1. The van der Waals surface area contributed by atoms with Gasteiger partial charge in [-0.1, -0.05) is 0 Å². The second kappa shape index (κ2) is 6.12. The molecule has 9 heteroatoms. The summed E-state index contributed by atoms with van der Waals surface area (Å²) in [6.45, 7) is 0.569. The van der Waals surface area contributed by atoms with Gasteiger partial charge in [0.1, 0.15) is 0 Å². The fourth-order valence-electron chi connectivity index (χ4n) is 2.01. The lowest BCUT2D eigenvalue weighted by atomic mass is 10.3. The van der Waals surface area contributed by atoms with Crippen LogP contribution in [-0.4, -0.2) is 38.2 Å². The Balaban J connectivity index is 2.06. The van der Waals surface area contributed by atoms with Crippen molar-refractivity contribution in [3.8, 4) is 0 Å². The summed E-state index contributed by atoms with van der Waals surface area (Å²) in [6, 6.07) is 4.05. The van der Waals surface area contributed by atoms with Gasteiger partial charge in [-0.2, -0.15) is 0 Å². The SMILES string of the molecule is NS(=O)(=O)c1ccc(NC(=O)CN2CCCC2=O)c(Br)c1. The number of nitrogens with zero attached hydrogens (tertiary/aromatic N) is 1. The standard InChI is InChI=1S/C12H14BrN3O4S/c13-9-6-8(21(14,19)20)3-4-10(9)15-11(17)7-16-5-1-2-12(16)18/h3-4,6H,1-2,5,7H2,(H,15,17)(H2,14,19,20). The number of halogens is 1. The highest BCUT2D eigenvalue weighted by molar-refractivity contribution is 9.10. The van der Waals surface area contributed by atoms with Crippen LogP contribution in [0.1, 0.15) is 12.8 Å². The van der Waals surface area contributed by atoms with Crippen LogP contribution >= 0.6 is 15.9 Å². The van der Waals surface area contributed by atoms with Crippen LogP contribution in [0.3, 0.4) is 0 Å². The molecule has 0 bridgehead atoms. The number of hydrogen-bond donors (Lipinski definition) is 2. The Kier molecular flexibility index (Phi) is 4.64. The molecule has 0 unspecified atom stereocenters. The van der Waals surface area contributed by atoms with Crippen LogP contribution in [0.15, 0.2) is 27.6 Å². The number of rotatable bonds is 4. The molecule has 1 aliphatic rings. The van der Waals surface area contributed by atoms with Crippen LogP contribution in [0.25, 0.3) is 0 Å². The summed E-state index contributed by atoms with van der Waals surface area (Å²) in [5.74, 6) is -0.372. The third-order valence-corrected chi connectivity index (χ3v) is 4.62. The number of carbonyl (C=O) groups excluding carboxylic acids is 2. The molecule has 0 saturated carbocycles. The Hall–Kier alpha value is -1.45. The molecule has 1 heterocycles. The predicted molar refractivity (Wildman–Crippen MR) is 80.0 cm³/mol. The minimum Gasteiger partial charge on any atom is -0.333 e. The minimum absolute atomic E-state index is 0.0117. The number of carbonyl (C=O) groups is 2. The van der Waals surface area contributed by atoms with Crippen LogP contribution < -0.4 is 10.5 Å². The van der Waals surface area contributed by atoms with Crippen LogP contribution in [-0.2, 0) is 19.6 Å². The second-order valence-corrected chi connectivity index (χ2v) is 7.07. The minimum atomic E-state index is -3.79. The van der Waals surface area contributed by atoms with E-state index in [9.17, 15) is 18.0 Å². The van der Waals surface area contributed by atoms with Gasteiger partial charge in [0.25, 0.3) is 0 Å². The van der Waals surface area contributed by atoms with E-state index in [-0.39, 0.29) is 23.3 Å². The van der Waals surface area contributed by atoms with Gasteiger partial charge < -0.3 is 10.2 Å². The molecule has 0 aliphatic carbocycles. The molecule has 21 heavy (non-hydrogen) atoms. The lowest BCUT2D eigenvalue weighted by Crippen LogP contribution is -2.34. The maximum atomic E-state index is 11.9. The molecule has 1 aliphatic heterocycles. The molecular weight excluding hydrogens is 362 g/mol. The third kappa shape index (κ3) is 4.02. The van der Waals surface area contributed by atoms with E-state index in [0.29, 0.717) is 23.1 Å². The Morgan fingerprint density at radius 2 is 2.14 bits per heavy atom. The summed E-state index contributed by atoms with van der Waals surface area (Å²) in [4.78, 5) is 24.8. The monoisotopic (exact) mass is 375 g/mol. The van der Waals surface area contributed by atoms with Gasteiger partial charge in [-0.15, -0.1) is 0 Å². The Labute approximate surface area is 130 Å². The van der Waals surface area contributed by atoms with E-state index in [0.717, 1.165) is 6.42 Å². The number of amides is 2. The van der Waals surface area contributed by atoms with E-state index in [4.69, 9.17) is 5.14 Å². The molecule has 7 nitrogen and oxygen atoms in total. The lowest BCUT2D eigenvalue weighted by Gasteiger charge is -2.15. The fourth-order valence-corrected chi connectivity index (χ4v) is 3.18. The maximum absolute atomic E-state index is 11.9. The summed E-state index contributed by atoms with van der Waals surface area (Å²) in [7, 11) is -3.79. The van der Waals surface area contributed by atoms with Crippen molar-refractivity contribution >= 4 is 43.5 Å². The summed E-state index contributed by atoms with van der Waals surface area (Å²) < 4.78 is 22.8. The molecule has 0 spiro atoms. The zero-order valence-electron chi connectivity index (χ0n) is 11.0. The summed E-state index contributed by atoms with van der Waals surface area (Å²) in [5, 5.41) is 7.64. The van der Waals surface area contributed by atoms with Gasteiger partial charge in [0, 0.05) is 17.4 Å². The number of nitrogens with one attached hydrogen (secondary N) is 1. The van der Waals surface area contributed by atoms with Gasteiger partial charge in [-0.25, -0.2) is 13.6 Å². The number of primary sulfonamides is 1. The molecule has 2 rings (SSSR count). The van der Waals surface area contributed by atoms with Gasteiger partial charge in [0.2, 0.25) is 21.8 Å². The summed E-state index contributed by atoms with van der Waals surface area (Å²) >= 11 is 3.18. The number of likely N-dealkylation sites (tertiary alicyclic amines) is 1. The van der Waals surface area contributed by atoms with Gasteiger partial charge in [0.05, 0.1) is 17.1 Å². The Morgan fingerprint density at radius 3 is 2.67 bits per heavy atom. The second-order valence-electron chi connectivity index (χ2n) is 4.65. The highest BCUT2D eigenvalue weighted by Gasteiger charge is 2.22. The smallest absolute Gasteiger partial charge is 0.244 e. The average molecular weight is 376 g/mol. The van der Waals surface area contributed by atoms with Crippen molar-refractivity contribution in [1.82, 2.24) is 4.90 Å². The molecular formula is C12H14BrN3O4S. The van der Waals surface area contributed by atoms with E-state index in [2.05, 4.69) is 21.2 Å². The average Bonchev–Trinajstić information content (AvgIpc) is 2.76. The summed E-state index contributed by atoms with van der Waals surface area (Å²) in [6.07, 6.45) is 1.24. The molecule has 0 aromatic heterocycles. The number of benzene rings is 1. The molecule has 114 valence electrons. The van der Waals surface area contributed by atoms with Crippen molar-refractivity contribution in [2.75, 3.05) is 18.4 Å². The fraction of sp³-hybridized carbons (Fsp3) is 0.333. The van der Waals surface area contributed by atoms with Crippen LogP contribution in [0, 0.1) is 0 Å². The van der Waals surface area contributed by atoms with Crippen molar-refractivity contribution in [2.45, 2.75) is 17.7 Å². The topological polar surface area (TPSA) is 110 Å². The number of nitrogens with two attached hydrogens (primary N) is 1.